The van der Waals surface area contributed by atoms with Gasteiger partial charge in [-0.3, -0.25) is 9.59 Å². The first-order valence-electron chi connectivity index (χ1n) is 10.5. The van der Waals surface area contributed by atoms with Crippen molar-refractivity contribution in [3.63, 3.8) is 0 Å². The monoisotopic (exact) mass is 391 g/mol. The predicted molar refractivity (Wildman–Crippen MR) is 116 cm³/mol. The van der Waals surface area contributed by atoms with E-state index in [0.29, 0.717) is 18.7 Å². The molecule has 2 aliphatic heterocycles. The molecule has 1 fully saturated rings. The predicted octanol–water partition coefficient (Wildman–Crippen LogP) is 3.86. The molecule has 2 aromatic carbocycles. The first-order valence-corrected chi connectivity index (χ1v) is 10.5. The maximum Gasteiger partial charge on any atom is 0.253 e. The summed E-state index contributed by atoms with van der Waals surface area (Å²) in [4.78, 5) is 30.6. The van der Waals surface area contributed by atoms with Crippen molar-refractivity contribution in [3.05, 3.63) is 59.2 Å². The third kappa shape index (κ3) is 4.14. The number of hydrogen-bond donors (Lipinski definition) is 0. The van der Waals surface area contributed by atoms with Crippen LogP contribution in [0.25, 0.3) is 0 Å². The number of anilines is 2. The molecule has 0 radical (unpaired) electrons. The van der Waals surface area contributed by atoms with Crippen molar-refractivity contribution < 1.29 is 9.59 Å². The second kappa shape index (κ2) is 8.27. The first-order chi connectivity index (χ1) is 14.0. The molecule has 5 heteroatoms. The highest BCUT2D eigenvalue weighted by molar-refractivity contribution is 5.97. The average Bonchev–Trinajstić information content (AvgIpc) is 3.18. The maximum atomic E-state index is 12.9. The number of carbonyl (C=O) groups is 2. The van der Waals surface area contributed by atoms with Gasteiger partial charge in [0, 0.05) is 57.1 Å². The quantitative estimate of drug-likeness (QED) is 0.795. The van der Waals surface area contributed by atoms with E-state index >= 15 is 0 Å². The van der Waals surface area contributed by atoms with Gasteiger partial charge in [-0.05, 0) is 67.1 Å². The standard InChI is InChI=1S/C24H29N3O2/c1-18(28)27-15-12-20-16-21(8-11-23(20)27)24(29)25(2)17-19-6-9-22(10-7-19)26-13-4-3-5-14-26/h6-11,16H,3-5,12-15,17H2,1-2H3. The highest BCUT2D eigenvalue weighted by Gasteiger charge is 2.24. The molecule has 0 bridgehead atoms. The van der Waals surface area contributed by atoms with E-state index in [4.69, 9.17) is 0 Å². The molecule has 4 rings (SSSR count). The van der Waals surface area contributed by atoms with Crippen LogP contribution >= 0.6 is 0 Å². The minimum atomic E-state index is 0.00850. The Labute approximate surface area is 172 Å². The van der Waals surface area contributed by atoms with Crippen molar-refractivity contribution in [2.75, 3.05) is 36.5 Å². The highest BCUT2D eigenvalue weighted by Crippen LogP contribution is 2.29. The van der Waals surface area contributed by atoms with Crippen molar-refractivity contribution in [3.8, 4) is 0 Å². The topological polar surface area (TPSA) is 43.9 Å². The van der Waals surface area contributed by atoms with Crippen LogP contribution in [0.5, 0.6) is 0 Å². The van der Waals surface area contributed by atoms with Crippen LogP contribution in [0, 0.1) is 0 Å². The molecule has 0 atom stereocenters. The summed E-state index contributed by atoms with van der Waals surface area (Å²) in [6, 6.07) is 14.3. The smallest absolute Gasteiger partial charge is 0.253 e. The van der Waals surface area contributed by atoms with Crippen molar-refractivity contribution in [2.24, 2.45) is 0 Å². The number of rotatable bonds is 4. The van der Waals surface area contributed by atoms with E-state index in [0.717, 1.165) is 36.3 Å². The van der Waals surface area contributed by atoms with Gasteiger partial charge < -0.3 is 14.7 Å². The summed E-state index contributed by atoms with van der Waals surface area (Å²) in [6.07, 6.45) is 4.67. The van der Waals surface area contributed by atoms with E-state index in [9.17, 15) is 9.59 Å². The molecule has 2 heterocycles. The van der Waals surface area contributed by atoms with Gasteiger partial charge in [0.2, 0.25) is 5.91 Å². The van der Waals surface area contributed by atoms with Gasteiger partial charge in [0.05, 0.1) is 0 Å². The molecular weight excluding hydrogens is 362 g/mol. The van der Waals surface area contributed by atoms with Crippen molar-refractivity contribution in [2.45, 2.75) is 39.2 Å². The summed E-state index contributed by atoms with van der Waals surface area (Å²) in [5.74, 6) is 0.0575. The summed E-state index contributed by atoms with van der Waals surface area (Å²) < 4.78 is 0. The number of amides is 2. The lowest BCUT2D eigenvalue weighted by molar-refractivity contribution is -0.116. The molecule has 0 N–H and O–H groups in total. The number of carbonyl (C=O) groups excluding carboxylic acids is 2. The van der Waals surface area contributed by atoms with Gasteiger partial charge in [0.15, 0.2) is 0 Å². The van der Waals surface area contributed by atoms with Gasteiger partial charge in [0.1, 0.15) is 0 Å². The molecule has 2 amide bonds. The number of nitrogens with zero attached hydrogens (tertiary/aromatic N) is 3. The second-order valence-electron chi connectivity index (χ2n) is 8.14. The van der Waals surface area contributed by atoms with Gasteiger partial charge in [0.25, 0.3) is 5.91 Å². The summed E-state index contributed by atoms with van der Waals surface area (Å²) in [7, 11) is 1.84. The Morgan fingerprint density at radius 3 is 2.38 bits per heavy atom. The number of hydrogen-bond acceptors (Lipinski definition) is 3. The molecule has 5 nitrogen and oxygen atoms in total. The summed E-state index contributed by atoms with van der Waals surface area (Å²) in [6.45, 7) is 5.13. The molecule has 0 aromatic heterocycles. The van der Waals surface area contributed by atoms with Gasteiger partial charge in [-0.15, -0.1) is 0 Å². The van der Waals surface area contributed by atoms with Crippen LogP contribution in [0.3, 0.4) is 0 Å². The van der Waals surface area contributed by atoms with Gasteiger partial charge in [-0.1, -0.05) is 12.1 Å². The van der Waals surface area contributed by atoms with Crippen LogP contribution in [0.15, 0.2) is 42.5 Å². The zero-order valence-corrected chi connectivity index (χ0v) is 17.4. The first kappa shape index (κ1) is 19.5. The molecule has 2 aliphatic rings. The van der Waals surface area contributed by atoms with Crippen LogP contribution in [-0.4, -0.2) is 43.4 Å². The average molecular weight is 392 g/mol. The van der Waals surface area contributed by atoms with Crippen molar-refractivity contribution in [1.82, 2.24) is 4.90 Å². The SMILES string of the molecule is CC(=O)N1CCc2cc(C(=O)N(C)Cc3ccc(N4CCCCC4)cc3)ccc21. The number of piperidine rings is 1. The Balaban J connectivity index is 1.41. The Kier molecular flexibility index (Phi) is 5.56. The van der Waals surface area contributed by atoms with Crippen LogP contribution < -0.4 is 9.80 Å². The van der Waals surface area contributed by atoms with Gasteiger partial charge in [-0.25, -0.2) is 0 Å². The third-order valence-electron chi connectivity index (χ3n) is 6.03. The fourth-order valence-electron chi connectivity index (χ4n) is 4.39. The number of benzene rings is 2. The molecule has 0 saturated carbocycles. The maximum absolute atomic E-state index is 12.9. The number of fused-ring (bicyclic) bond motifs is 1. The largest absolute Gasteiger partial charge is 0.372 e. The summed E-state index contributed by atoms with van der Waals surface area (Å²) >= 11 is 0. The lowest BCUT2D eigenvalue weighted by Crippen LogP contribution is -2.29. The normalized spacial score (nSPS) is 15.9. The van der Waals surface area contributed by atoms with Crippen molar-refractivity contribution in [1.29, 1.82) is 0 Å². The fourth-order valence-corrected chi connectivity index (χ4v) is 4.39. The lowest BCUT2D eigenvalue weighted by atomic mass is 10.1. The van der Waals surface area contributed by atoms with E-state index < -0.39 is 0 Å². The summed E-state index contributed by atoms with van der Waals surface area (Å²) in [5.41, 5.74) is 5.10. The zero-order valence-electron chi connectivity index (χ0n) is 17.4. The van der Waals surface area contributed by atoms with Gasteiger partial charge in [-0.2, -0.15) is 0 Å². The van der Waals surface area contributed by atoms with Gasteiger partial charge >= 0.3 is 0 Å². The Hall–Kier alpha value is -2.82. The molecule has 152 valence electrons. The third-order valence-corrected chi connectivity index (χ3v) is 6.03. The van der Waals surface area contributed by atoms with Crippen LogP contribution in [0.2, 0.25) is 0 Å². The highest BCUT2D eigenvalue weighted by atomic mass is 16.2. The molecule has 0 spiro atoms. The minimum Gasteiger partial charge on any atom is -0.372 e. The molecule has 2 aromatic rings. The van der Waals surface area contributed by atoms with E-state index in [1.807, 2.05) is 25.2 Å². The second-order valence-corrected chi connectivity index (χ2v) is 8.14. The Bertz CT molecular complexity index is 901. The molecule has 0 unspecified atom stereocenters. The molecular formula is C24H29N3O2. The van der Waals surface area contributed by atoms with E-state index in [1.165, 1.54) is 24.9 Å². The molecule has 29 heavy (non-hydrogen) atoms. The Morgan fingerprint density at radius 2 is 1.69 bits per heavy atom. The van der Waals surface area contributed by atoms with Crippen LogP contribution in [0.1, 0.15) is 47.7 Å². The molecule has 1 saturated heterocycles. The minimum absolute atomic E-state index is 0.00850. The Morgan fingerprint density at radius 1 is 0.966 bits per heavy atom. The van der Waals surface area contributed by atoms with Crippen LogP contribution in [-0.2, 0) is 17.8 Å². The van der Waals surface area contributed by atoms with E-state index in [-0.39, 0.29) is 11.8 Å². The lowest BCUT2D eigenvalue weighted by Gasteiger charge is -2.29. The summed E-state index contributed by atoms with van der Waals surface area (Å²) in [5, 5.41) is 0. The van der Waals surface area contributed by atoms with Crippen LogP contribution in [0.4, 0.5) is 11.4 Å². The van der Waals surface area contributed by atoms with Crippen molar-refractivity contribution >= 4 is 23.2 Å². The molecule has 0 aliphatic carbocycles. The zero-order chi connectivity index (χ0) is 20.4. The fraction of sp³-hybridized carbons (Fsp3) is 0.417. The van der Waals surface area contributed by atoms with E-state index in [1.54, 1.807) is 16.7 Å². The van der Waals surface area contributed by atoms with E-state index in [2.05, 4.69) is 29.2 Å².